The number of hydrogen-bond acceptors (Lipinski definition) is 7. The molecule has 0 unspecified atom stereocenters. The molecule has 4 amide bonds. The van der Waals surface area contributed by atoms with Crippen LogP contribution in [0.4, 0.5) is 15.3 Å². The first-order valence-electron chi connectivity index (χ1n) is 17.2. The van der Waals surface area contributed by atoms with Gasteiger partial charge in [-0.2, -0.15) is 4.31 Å². The van der Waals surface area contributed by atoms with E-state index in [1.807, 2.05) is 34.6 Å². The van der Waals surface area contributed by atoms with Crippen molar-refractivity contribution >= 4 is 45.7 Å². The second-order valence-electron chi connectivity index (χ2n) is 14.0. The number of amidine groups is 1. The number of aryl methyl sites for hydroxylation is 2. The molecule has 48 heavy (non-hydrogen) atoms. The van der Waals surface area contributed by atoms with Crippen LogP contribution in [0, 0.1) is 13.8 Å². The Kier molecular flexibility index (Phi) is 14.0. The minimum absolute atomic E-state index is 0.126. The zero-order valence-electron chi connectivity index (χ0n) is 29.7. The number of anilines is 1. The molecule has 268 valence electrons. The third-order valence-electron chi connectivity index (χ3n) is 8.90. The number of piperidine rings is 1. The number of ether oxygens (including phenoxy) is 1. The summed E-state index contributed by atoms with van der Waals surface area (Å²) in [5, 5.41) is 6.98. The number of nitrogens with zero attached hydrogens (tertiary/aromatic N) is 3. The number of sulfonamides is 1. The van der Waals surface area contributed by atoms with Crippen molar-refractivity contribution in [2.45, 2.75) is 123 Å². The van der Waals surface area contributed by atoms with E-state index >= 15 is 0 Å². The number of rotatable bonds is 16. The second-order valence-corrected chi connectivity index (χ2v) is 15.9. The highest BCUT2D eigenvalue weighted by atomic mass is 32.2. The van der Waals surface area contributed by atoms with Gasteiger partial charge in [-0.15, -0.1) is 0 Å². The monoisotopic (exact) mass is 688 g/mol. The van der Waals surface area contributed by atoms with Gasteiger partial charge in [0, 0.05) is 44.2 Å². The van der Waals surface area contributed by atoms with Crippen LogP contribution in [0.1, 0.15) is 115 Å². The molecule has 13 heteroatoms. The van der Waals surface area contributed by atoms with Crippen molar-refractivity contribution in [3.8, 4) is 0 Å². The molecule has 0 aliphatic carbocycles. The van der Waals surface area contributed by atoms with Gasteiger partial charge in [-0.05, 0) is 95.2 Å². The fraction of sp³-hybridized carbons (Fsp3) is 0.657. The van der Waals surface area contributed by atoms with Gasteiger partial charge in [0.1, 0.15) is 17.0 Å². The number of nitrogens with two attached hydrogens (primary N) is 1. The largest absolute Gasteiger partial charge is 0.444 e. The van der Waals surface area contributed by atoms with Gasteiger partial charge in [0.15, 0.2) is 0 Å². The highest BCUT2D eigenvalue weighted by molar-refractivity contribution is 7.92. The van der Waals surface area contributed by atoms with Crippen LogP contribution in [-0.4, -0.2) is 74.4 Å². The van der Waals surface area contributed by atoms with E-state index < -0.39 is 27.2 Å². The van der Waals surface area contributed by atoms with Gasteiger partial charge in [-0.3, -0.25) is 14.7 Å². The molecule has 1 aromatic rings. The quantitative estimate of drug-likeness (QED) is 0.183. The fourth-order valence-corrected chi connectivity index (χ4v) is 7.26. The lowest BCUT2D eigenvalue weighted by Crippen LogP contribution is -2.50. The molecule has 1 aromatic carbocycles. The number of carbonyl (C=O) groups excluding carboxylic acids is 3. The van der Waals surface area contributed by atoms with E-state index in [1.54, 1.807) is 25.3 Å². The molecule has 1 saturated heterocycles. The number of benzene rings is 1. The van der Waals surface area contributed by atoms with Crippen LogP contribution in [-0.2, 0) is 19.6 Å². The van der Waals surface area contributed by atoms with E-state index in [-0.39, 0.29) is 25.1 Å². The number of primary amides is 1. The molecule has 1 fully saturated rings. The fourth-order valence-electron chi connectivity index (χ4n) is 6.09. The third kappa shape index (κ3) is 11.6. The van der Waals surface area contributed by atoms with Crippen molar-refractivity contribution in [1.82, 2.24) is 14.9 Å². The first-order valence-corrected chi connectivity index (χ1v) is 18.7. The normalized spacial score (nSPS) is 16.6. The van der Waals surface area contributed by atoms with E-state index in [0.29, 0.717) is 30.9 Å². The predicted molar refractivity (Wildman–Crippen MR) is 191 cm³/mol. The van der Waals surface area contributed by atoms with Crippen LogP contribution < -0.4 is 21.3 Å². The number of carbonyl (C=O) groups is 3. The predicted octanol–water partition coefficient (Wildman–Crippen LogP) is 5.91. The highest BCUT2D eigenvalue weighted by Crippen LogP contribution is 2.32. The minimum atomic E-state index is -3.71. The molecular weight excluding hydrogens is 632 g/mol. The number of amides is 4. The molecule has 12 nitrogen and oxygen atoms in total. The Hall–Kier alpha value is -3.45. The van der Waals surface area contributed by atoms with E-state index in [1.165, 1.54) is 33.9 Å². The summed E-state index contributed by atoms with van der Waals surface area (Å²) in [5.74, 6) is 0.589. The SMILES string of the molecule is Cc1cc(N(C)C(N)=O)cc(C)c1C=CS(=O)(=O)N1CCC2(CC1)N=C(CCCCCCCCCCCNC(=O)OC(C)(C)C)NC2=O. The molecule has 2 aliphatic heterocycles. The van der Waals surface area contributed by atoms with Crippen molar-refractivity contribution in [1.29, 1.82) is 0 Å². The lowest BCUT2D eigenvalue weighted by Gasteiger charge is -2.34. The van der Waals surface area contributed by atoms with E-state index in [2.05, 4.69) is 10.6 Å². The van der Waals surface area contributed by atoms with Crippen LogP contribution in [0.15, 0.2) is 22.5 Å². The van der Waals surface area contributed by atoms with Crippen molar-refractivity contribution < 1.29 is 27.5 Å². The maximum Gasteiger partial charge on any atom is 0.407 e. The van der Waals surface area contributed by atoms with Crippen LogP contribution in [0.25, 0.3) is 6.08 Å². The topological polar surface area (TPSA) is 163 Å². The molecule has 2 aliphatic rings. The third-order valence-corrected chi connectivity index (χ3v) is 10.5. The maximum atomic E-state index is 13.2. The first-order chi connectivity index (χ1) is 22.5. The Bertz CT molecular complexity index is 1430. The zero-order chi connectivity index (χ0) is 35.5. The number of hydrogen-bond donors (Lipinski definition) is 3. The molecule has 0 atom stereocenters. The molecule has 0 aromatic heterocycles. The lowest BCUT2D eigenvalue weighted by atomic mass is 9.89. The summed E-state index contributed by atoms with van der Waals surface area (Å²) in [7, 11) is -2.12. The number of aliphatic imine (C=N–C) groups is 1. The van der Waals surface area contributed by atoms with Crippen molar-refractivity contribution in [2.75, 3.05) is 31.6 Å². The van der Waals surface area contributed by atoms with Gasteiger partial charge >= 0.3 is 12.1 Å². The molecule has 0 bridgehead atoms. The maximum absolute atomic E-state index is 13.2. The zero-order valence-corrected chi connectivity index (χ0v) is 30.5. The molecule has 3 rings (SSSR count). The Morgan fingerprint density at radius 3 is 2.10 bits per heavy atom. The number of unbranched alkanes of at least 4 members (excludes halogenated alkanes) is 8. The smallest absolute Gasteiger partial charge is 0.407 e. The summed E-state index contributed by atoms with van der Waals surface area (Å²) in [4.78, 5) is 42.3. The molecular formula is C35H56N6O6S. The summed E-state index contributed by atoms with van der Waals surface area (Å²) < 4.78 is 33.0. The van der Waals surface area contributed by atoms with Crippen LogP contribution in [0.3, 0.4) is 0 Å². The number of nitrogens with one attached hydrogen (secondary N) is 2. The first kappa shape index (κ1) is 39.0. The summed E-state index contributed by atoms with van der Waals surface area (Å²) in [5.41, 5.74) is 7.07. The number of alkyl carbamates (subject to hydrolysis) is 1. The molecule has 0 saturated carbocycles. The summed E-state index contributed by atoms with van der Waals surface area (Å²) in [6.45, 7) is 10.4. The lowest BCUT2D eigenvalue weighted by molar-refractivity contribution is -0.124. The minimum Gasteiger partial charge on any atom is -0.444 e. The van der Waals surface area contributed by atoms with Gasteiger partial charge in [-0.25, -0.2) is 18.0 Å². The average Bonchev–Trinajstić information content (AvgIpc) is 3.29. The summed E-state index contributed by atoms with van der Waals surface area (Å²) >= 11 is 0. The Morgan fingerprint density at radius 2 is 1.56 bits per heavy atom. The summed E-state index contributed by atoms with van der Waals surface area (Å²) in [6.07, 6.45) is 12.5. The van der Waals surface area contributed by atoms with E-state index in [4.69, 9.17) is 15.5 Å². The molecule has 2 heterocycles. The van der Waals surface area contributed by atoms with Gasteiger partial charge in [0.2, 0.25) is 10.0 Å². The Balaban J connectivity index is 1.35. The van der Waals surface area contributed by atoms with Crippen molar-refractivity contribution in [3.63, 3.8) is 0 Å². The van der Waals surface area contributed by atoms with Crippen LogP contribution >= 0.6 is 0 Å². The number of urea groups is 1. The van der Waals surface area contributed by atoms with Crippen molar-refractivity contribution in [3.05, 3.63) is 34.2 Å². The standard InChI is InChI=1S/C35H56N6O6S/c1-26-24-28(40(6)32(36)43)25-27(2)29(26)17-23-48(45,46)41-21-18-35(19-22-41)31(42)38-30(39-35)16-14-12-10-8-7-9-11-13-15-20-37-33(44)47-34(3,4)5/h17,23-25H,7-16,18-22H2,1-6H3,(H2,36,43)(H,37,44)(H,38,39,42). The van der Waals surface area contributed by atoms with Crippen molar-refractivity contribution in [2.24, 2.45) is 10.7 Å². The van der Waals surface area contributed by atoms with Gasteiger partial charge < -0.3 is 21.1 Å². The Labute approximate surface area is 287 Å². The van der Waals surface area contributed by atoms with E-state index in [0.717, 1.165) is 61.6 Å². The van der Waals surface area contributed by atoms with Crippen LogP contribution in [0.5, 0.6) is 0 Å². The summed E-state index contributed by atoms with van der Waals surface area (Å²) in [6, 6.07) is 3.01. The average molecular weight is 689 g/mol. The Morgan fingerprint density at radius 1 is 1.02 bits per heavy atom. The highest BCUT2D eigenvalue weighted by Gasteiger charge is 2.46. The van der Waals surface area contributed by atoms with Gasteiger partial charge in [0.05, 0.1) is 0 Å². The molecule has 0 radical (unpaired) electrons. The molecule has 4 N–H and O–H groups in total. The van der Waals surface area contributed by atoms with E-state index in [9.17, 15) is 22.8 Å². The van der Waals surface area contributed by atoms with Gasteiger partial charge in [-0.1, -0.05) is 44.9 Å². The van der Waals surface area contributed by atoms with Crippen LogP contribution in [0.2, 0.25) is 0 Å². The molecule has 1 spiro atoms. The second kappa shape index (κ2) is 17.3. The van der Waals surface area contributed by atoms with Gasteiger partial charge in [0.25, 0.3) is 5.91 Å².